The maximum atomic E-state index is 11.7. The molecule has 0 saturated carbocycles. The zero-order valence-corrected chi connectivity index (χ0v) is 13.1. The molecule has 0 saturated heterocycles. The maximum Gasteiger partial charge on any atom is 0.259 e. The number of carbonyl (C=O) groups excluding carboxylic acids is 1. The Bertz CT molecular complexity index is 1070. The van der Waals surface area contributed by atoms with Gasteiger partial charge in [-0.2, -0.15) is 0 Å². The number of carboxylic acids is 1. The van der Waals surface area contributed by atoms with Crippen LogP contribution < -0.4 is 9.84 Å². The summed E-state index contributed by atoms with van der Waals surface area (Å²) in [5, 5.41) is 15.8. The number of fused-ring (bicyclic) bond motifs is 1. The van der Waals surface area contributed by atoms with Gasteiger partial charge < -0.3 is 23.6 Å². The molecule has 0 aliphatic heterocycles. The number of rotatable bonds is 4. The van der Waals surface area contributed by atoms with Gasteiger partial charge in [0.15, 0.2) is 11.5 Å². The lowest BCUT2D eigenvalue weighted by Crippen LogP contribution is -2.22. The summed E-state index contributed by atoms with van der Waals surface area (Å²) in [5.41, 5.74) is 1.27. The van der Waals surface area contributed by atoms with Gasteiger partial charge in [0.1, 0.15) is 5.75 Å². The van der Waals surface area contributed by atoms with Crippen LogP contribution in [0.4, 0.5) is 0 Å². The van der Waals surface area contributed by atoms with Gasteiger partial charge >= 0.3 is 0 Å². The van der Waals surface area contributed by atoms with E-state index < -0.39 is 5.97 Å². The minimum Gasteiger partial charge on any atom is -0.545 e. The molecule has 0 radical (unpaired) electrons. The zero-order valence-electron chi connectivity index (χ0n) is 13.1. The molecule has 3 heterocycles. The van der Waals surface area contributed by atoms with E-state index >= 15 is 0 Å². The first-order valence-corrected chi connectivity index (χ1v) is 7.38. The molecule has 4 aromatic rings. The van der Waals surface area contributed by atoms with Crippen molar-refractivity contribution in [2.75, 3.05) is 7.11 Å². The molecule has 0 fully saturated rings. The van der Waals surface area contributed by atoms with Crippen LogP contribution in [0.25, 0.3) is 33.8 Å². The van der Waals surface area contributed by atoms with Crippen molar-refractivity contribution in [2.45, 2.75) is 0 Å². The monoisotopic (exact) mass is 335 g/mol. The van der Waals surface area contributed by atoms with Gasteiger partial charge in [-0.15, -0.1) is 0 Å². The van der Waals surface area contributed by atoms with Gasteiger partial charge in [-0.05, 0) is 30.3 Å². The molecule has 25 heavy (non-hydrogen) atoms. The molecule has 0 aliphatic carbocycles. The van der Waals surface area contributed by atoms with Gasteiger partial charge in [-0.1, -0.05) is 17.3 Å². The van der Waals surface area contributed by atoms with Gasteiger partial charge in [0.2, 0.25) is 0 Å². The van der Waals surface area contributed by atoms with Crippen LogP contribution in [0.15, 0.2) is 57.7 Å². The van der Waals surface area contributed by atoms with Crippen LogP contribution in [-0.2, 0) is 0 Å². The minimum absolute atomic E-state index is 0.0778. The third-order valence-corrected chi connectivity index (χ3v) is 3.80. The number of aromatic carboxylic acids is 1. The third-order valence-electron chi connectivity index (χ3n) is 3.80. The number of methoxy groups -OCH3 is 1. The molecule has 0 atom stereocenters. The molecule has 0 N–H and O–H groups in total. The Labute approximate surface area is 141 Å². The quantitative estimate of drug-likeness (QED) is 0.564. The van der Waals surface area contributed by atoms with E-state index in [-0.39, 0.29) is 22.4 Å². The second-order valence-electron chi connectivity index (χ2n) is 5.23. The van der Waals surface area contributed by atoms with Crippen molar-refractivity contribution >= 4 is 17.1 Å². The van der Waals surface area contributed by atoms with E-state index in [9.17, 15) is 9.90 Å². The molecule has 0 unspecified atom stereocenters. The minimum atomic E-state index is -1.36. The number of carboxylic acid groups (broad SMARTS) is 1. The van der Waals surface area contributed by atoms with Crippen molar-refractivity contribution < 1.29 is 23.6 Å². The maximum absolute atomic E-state index is 11.7. The molecule has 124 valence electrons. The number of nitrogens with zero attached hydrogens (tertiary/aromatic N) is 2. The topological polar surface area (TPSA) is 101 Å². The largest absolute Gasteiger partial charge is 0.545 e. The summed E-state index contributed by atoms with van der Waals surface area (Å²) in [6.07, 6.45) is 1.46. The normalized spacial score (nSPS) is 10.9. The number of para-hydroxylation sites is 1. The molecular formula is C18H11N2O5-. The van der Waals surface area contributed by atoms with Crippen molar-refractivity contribution in [3.05, 3.63) is 54.3 Å². The predicted molar refractivity (Wildman–Crippen MR) is 85.8 cm³/mol. The summed E-state index contributed by atoms with van der Waals surface area (Å²) in [6, 6.07) is 11.9. The van der Waals surface area contributed by atoms with Crippen LogP contribution in [0.2, 0.25) is 0 Å². The first-order valence-electron chi connectivity index (χ1n) is 7.38. The van der Waals surface area contributed by atoms with Crippen molar-refractivity contribution in [1.82, 2.24) is 10.1 Å². The molecule has 4 rings (SSSR count). The van der Waals surface area contributed by atoms with E-state index in [0.29, 0.717) is 22.8 Å². The Morgan fingerprint density at radius 2 is 2.04 bits per heavy atom. The Kier molecular flexibility index (Phi) is 3.46. The second-order valence-corrected chi connectivity index (χ2v) is 5.23. The van der Waals surface area contributed by atoms with Gasteiger partial charge in [-0.3, -0.25) is 0 Å². The first-order chi connectivity index (χ1) is 12.2. The van der Waals surface area contributed by atoms with Crippen LogP contribution in [0.5, 0.6) is 5.75 Å². The Morgan fingerprint density at radius 3 is 2.76 bits per heavy atom. The number of hydrogen-bond acceptors (Lipinski definition) is 7. The molecule has 0 bridgehead atoms. The SMILES string of the molecule is COc1ccccc1-c1cc(C(=O)[O-])c2c(-c3ccco3)noc2n1. The molecule has 3 aromatic heterocycles. The average Bonchev–Trinajstić information content (AvgIpc) is 3.29. The van der Waals surface area contributed by atoms with E-state index in [1.165, 1.54) is 19.4 Å². The fourth-order valence-corrected chi connectivity index (χ4v) is 2.69. The Morgan fingerprint density at radius 1 is 1.20 bits per heavy atom. The molecule has 7 heteroatoms. The van der Waals surface area contributed by atoms with Gasteiger partial charge in [0.25, 0.3) is 5.71 Å². The lowest BCUT2D eigenvalue weighted by Gasteiger charge is -2.10. The number of benzene rings is 1. The van der Waals surface area contributed by atoms with Crippen molar-refractivity contribution in [1.29, 1.82) is 0 Å². The summed E-state index contributed by atoms with van der Waals surface area (Å²) in [6.45, 7) is 0. The first kappa shape index (κ1) is 14.9. The van der Waals surface area contributed by atoms with E-state index in [1.807, 2.05) is 6.07 Å². The number of hydrogen-bond donors (Lipinski definition) is 0. The van der Waals surface area contributed by atoms with Crippen LogP contribution in [0, 0.1) is 0 Å². The van der Waals surface area contributed by atoms with Crippen molar-refractivity contribution in [3.63, 3.8) is 0 Å². The van der Waals surface area contributed by atoms with Crippen LogP contribution in [-0.4, -0.2) is 23.2 Å². The summed E-state index contributed by atoms with van der Waals surface area (Å²) < 4.78 is 15.8. The Hall–Kier alpha value is -3.61. The number of aromatic nitrogens is 2. The van der Waals surface area contributed by atoms with Gasteiger partial charge in [0, 0.05) is 11.1 Å². The van der Waals surface area contributed by atoms with E-state index in [4.69, 9.17) is 13.7 Å². The highest BCUT2D eigenvalue weighted by Crippen LogP contribution is 2.35. The number of pyridine rings is 1. The summed E-state index contributed by atoms with van der Waals surface area (Å²) in [7, 11) is 1.53. The Balaban J connectivity index is 2.00. The number of ether oxygens (including phenoxy) is 1. The fraction of sp³-hybridized carbons (Fsp3) is 0.0556. The lowest BCUT2D eigenvalue weighted by molar-refractivity contribution is -0.254. The van der Waals surface area contributed by atoms with Gasteiger partial charge in [0.05, 0.1) is 30.4 Å². The van der Waals surface area contributed by atoms with Crippen LogP contribution in [0.3, 0.4) is 0 Å². The molecule has 0 amide bonds. The average molecular weight is 335 g/mol. The van der Waals surface area contributed by atoms with Crippen molar-refractivity contribution in [2.24, 2.45) is 0 Å². The summed E-state index contributed by atoms with van der Waals surface area (Å²) in [5.74, 6) is -0.419. The molecule has 0 aliphatic rings. The summed E-state index contributed by atoms with van der Waals surface area (Å²) in [4.78, 5) is 16.1. The summed E-state index contributed by atoms with van der Waals surface area (Å²) >= 11 is 0. The molecule has 0 spiro atoms. The molecule has 7 nitrogen and oxygen atoms in total. The predicted octanol–water partition coefficient (Wildman–Crippen LogP) is 2.52. The number of carbonyl (C=O) groups is 1. The van der Waals surface area contributed by atoms with E-state index in [1.54, 1.807) is 30.3 Å². The van der Waals surface area contributed by atoms with Crippen molar-refractivity contribution in [3.8, 4) is 28.5 Å². The number of furan rings is 1. The smallest absolute Gasteiger partial charge is 0.259 e. The zero-order chi connectivity index (χ0) is 17.4. The highest BCUT2D eigenvalue weighted by molar-refractivity contribution is 6.06. The van der Waals surface area contributed by atoms with Crippen LogP contribution in [0.1, 0.15) is 10.4 Å². The van der Waals surface area contributed by atoms with Gasteiger partial charge in [-0.25, -0.2) is 4.98 Å². The highest BCUT2D eigenvalue weighted by Gasteiger charge is 2.20. The fourth-order valence-electron chi connectivity index (χ4n) is 2.69. The highest BCUT2D eigenvalue weighted by atomic mass is 16.5. The lowest BCUT2D eigenvalue weighted by atomic mass is 10.0. The molecule has 1 aromatic carbocycles. The third kappa shape index (κ3) is 2.42. The second kappa shape index (κ2) is 5.79. The van der Waals surface area contributed by atoms with Crippen LogP contribution >= 0.6 is 0 Å². The molecular weight excluding hydrogens is 324 g/mol. The standard InChI is InChI=1S/C18H12N2O5/c1-23-13-6-3-2-5-10(13)12-9-11(18(21)22)15-16(14-7-4-8-24-14)20-25-17(15)19-12/h2-9H,1H3,(H,21,22)/p-1. The van der Waals surface area contributed by atoms with E-state index in [2.05, 4.69) is 10.1 Å². The van der Waals surface area contributed by atoms with E-state index in [0.717, 1.165) is 0 Å².